The zero-order valence-electron chi connectivity index (χ0n) is 9.85. The summed E-state index contributed by atoms with van der Waals surface area (Å²) >= 11 is 0. The summed E-state index contributed by atoms with van der Waals surface area (Å²) in [6.45, 7) is 4.71. The van der Waals surface area contributed by atoms with Gasteiger partial charge in [-0.2, -0.15) is 0 Å². The number of hydrogen-bond donors (Lipinski definition) is 1. The molecule has 2 rings (SSSR count). The van der Waals surface area contributed by atoms with Crippen LogP contribution in [0.5, 0.6) is 5.75 Å². The zero-order valence-corrected chi connectivity index (χ0v) is 9.85. The molecule has 3 unspecified atom stereocenters. The molecule has 88 valence electrons. The minimum absolute atomic E-state index is 0.0459. The average molecular weight is 221 g/mol. The second-order valence-corrected chi connectivity index (χ2v) is 4.24. The SMILES string of the molecule is CCOC1C(N)CC1Oc1ccccc1C. The molecule has 1 fully saturated rings. The summed E-state index contributed by atoms with van der Waals surface area (Å²) in [6.07, 6.45) is 1.03. The van der Waals surface area contributed by atoms with Gasteiger partial charge >= 0.3 is 0 Å². The van der Waals surface area contributed by atoms with Gasteiger partial charge in [0.15, 0.2) is 0 Å². The van der Waals surface area contributed by atoms with E-state index in [4.69, 9.17) is 15.2 Å². The Labute approximate surface area is 96.5 Å². The highest BCUT2D eigenvalue weighted by atomic mass is 16.5. The van der Waals surface area contributed by atoms with Crippen LogP contribution in [0.15, 0.2) is 24.3 Å². The van der Waals surface area contributed by atoms with Crippen LogP contribution in [0.1, 0.15) is 18.9 Å². The van der Waals surface area contributed by atoms with Crippen molar-refractivity contribution in [1.82, 2.24) is 0 Å². The minimum Gasteiger partial charge on any atom is -0.487 e. The normalized spacial score (nSPS) is 28.6. The van der Waals surface area contributed by atoms with E-state index < -0.39 is 0 Å². The topological polar surface area (TPSA) is 44.5 Å². The number of aryl methyl sites for hydroxylation is 1. The Morgan fingerprint density at radius 2 is 2.12 bits per heavy atom. The van der Waals surface area contributed by atoms with Crippen molar-refractivity contribution in [2.45, 2.75) is 38.5 Å². The van der Waals surface area contributed by atoms with Gasteiger partial charge in [-0.05, 0) is 25.5 Å². The highest BCUT2D eigenvalue weighted by molar-refractivity contribution is 5.32. The smallest absolute Gasteiger partial charge is 0.128 e. The molecule has 0 aliphatic heterocycles. The van der Waals surface area contributed by atoms with Crippen LogP contribution in [0, 0.1) is 6.92 Å². The summed E-state index contributed by atoms with van der Waals surface area (Å²) in [7, 11) is 0. The Kier molecular flexibility index (Phi) is 3.46. The largest absolute Gasteiger partial charge is 0.487 e. The minimum atomic E-state index is 0.0459. The molecule has 1 aromatic carbocycles. The summed E-state index contributed by atoms with van der Waals surface area (Å²) in [6, 6.07) is 8.14. The van der Waals surface area contributed by atoms with Crippen molar-refractivity contribution in [3.63, 3.8) is 0 Å². The van der Waals surface area contributed by atoms with Crippen LogP contribution in [0.4, 0.5) is 0 Å². The molecule has 0 spiro atoms. The summed E-state index contributed by atoms with van der Waals surface area (Å²) in [4.78, 5) is 0. The van der Waals surface area contributed by atoms with E-state index in [-0.39, 0.29) is 18.2 Å². The summed E-state index contributed by atoms with van der Waals surface area (Å²) in [5, 5.41) is 0. The van der Waals surface area contributed by atoms with Gasteiger partial charge in [0, 0.05) is 19.1 Å². The summed E-state index contributed by atoms with van der Waals surface area (Å²) in [5.74, 6) is 0.934. The molecule has 3 nitrogen and oxygen atoms in total. The number of benzene rings is 1. The van der Waals surface area contributed by atoms with Crippen molar-refractivity contribution >= 4 is 0 Å². The average Bonchev–Trinajstić information content (AvgIpc) is 2.28. The van der Waals surface area contributed by atoms with E-state index in [0.717, 1.165) is 17.7 Å². The van der Waals surface area contributed by atoms with Crippen molar-refractivity contribution in [3.8, 4) is 5.75 Å². The number of hydrogen-bond acceptors (Lipinski definition) is 3. The van der Waals surface area contributed by atoms with Gasteiger partial charge < -0.3 is 15.2 Å². The highest BCUT2D eigenvalue weighted by Gasteiger charge is 2.41. The second-order valence-electron chi connectivity index (χ2n) is 4.24. The van der Waals surface area contributed by atoms with E-state index in [9.17, 15) is 0 Å². The van der Waals surface area contributed by atoms with Crippen molar-refractivity contribution in [1.29, 1.82) is 0 Å². The van der Waals surface area contributed by atoms with Crippen molar-refractivity contribution in [2.24, 2.45) is 5.73 Å². The van der Waals surface area contributed by atoms with Gasteiger partial charge in [-0.3, -0.25) is 0 Å². The molecule has 1 aliphatic rings. The third-order valence-corrected chi connectivity index (χ3v) is 3.02. The van der Waals surface area contributed by atoms with E-state index in [0.29, 0.717) is 6.61 Å². The van der Waals surface area contributed by atoms with Crippen LogP contribution in [0.25, 0.3) is 0 Å². The first-order chi connectivity index (χ1) is 7.72. The Morgan fingerprint density at radius 3 is 2.75 bits per heavy atom. The standard InChI is InChI=1S/C13H19NO2/c1-3-15-13-10(14)8-12(13)16-11-7-5-4-6-9(11)2/h4-7,10,12-13H,3,8,14H2,1-2H3. The molecule has 0 aromatic heterocycles. The number of nitrogens with two attached hydrogens (primary N) is 1. The third-order valence-electron chi connectivity index (χ3n) is 3.02. The Balaban J connectivity index is 1.98. The predicted molar refractivity (Wildman–Crippen MR) is 63.6 cm³/mol. The van der Waals surface area contributed by atoms with Gasteiger partial charge in [-0.15, -0.1) is 0 Å². The molecule has 16 heavy (non-hydrogen) atoms. The molecule has 1 saturated carbocycles. The van der Waals surface area contributed by atoms with Crippen LogP contribution in [-0.2, 0) is 4.74 Å². The van der Waals surface area contributed by atoms with Gasteiger partial charge in [0.2, 0.25) is 0 Å². The zero-order chi connectivity index (χ0) is 11.5. The number of ether oxygens (including phenoxy) is 2. The molecule has 0 heterocycles. The monoisotopic (exact) mass is 221 g/mol. The molecule has 2 N–H and O–H groups in total. The fraction of sp³-hybridized carbons (Fsp3) is 0.538. The maximum Gasteiger partial charge on any atom is 0.128 e. The van der Waals surface area contributed by atoms with Crippen LogP contribution in [0.2, 0.25) is 0 Å². The molecule has 1 aromatic rings. The first-order valence-corrected chi connectivity index (χ1v) is 5.82. The Morgan fingerprint density at radius 1 is 1.38 bits per heavy atom. The van der Waals surface area contributed by atoms with Crippen LogP contribution in [0.3, 0.4) is 0 Å². The van der Waals surface area contributed by atoms with Gasteiger partial charge in [-0.1, -0.05) is 18.2 Å². The van der Waals surface area contributed by atoms with E-state index in [1.807, 2.05) is 38.1 Å². The molecular weight excluding hydrogens is 202 g/mol. The fourth-order valence-electron chi connectivity index (χ4n) is 2.01. The van der Waals surface area contributed by atoms with Gasteiger partial charge in [0.25, 0.3) is 0 Å². The van der Waals surface area contributed by atoms with Gasteiger partial charge in [-0.25, -0.2) is 0 Å². The maximum atomic E-state index is 5.91. The quantitative estimate of drug-likeness (QED) is 0.844. The molecule has 3 heteroatoms. The van der Waals surface area contributed by atoms with E-state index in [2.05, 4.69) is 0 Å². The molecular formula is C13H19NO2. The second kappa shape index (κ2) is 4.85. The first kappa shape index (κ1) is 11.4. The molecule has 3 atom stereocenters. The molecule has 1 aliphatic carbocycles. The lowest BCUT2D eigenvalue weighted by molar-refractivity contribution is -0.0947. The van der Waals surface area contributed by atoms with Crippen LogP contribution < -0.4 is 10.5 Å². The molecule has 0 bridgehead atoms. The van der Waals surface area contributed by atoms with Crippen molar-refractivity contribution in [2.75, 3.05) is 6.61 Å². The van der Waals surface area contributed by atoms with Crippen LogP contribution in [-0.4, -0.2) is 24.9 Å². The lowest BCUT2D eigenvalue weighted by atomic mass is 9.86. The maximum absolute atomic E-state index is 5.91. The first-order valence-electron chi connectivity index (χ1n) is 5.82. The third kappa shape index (κ3) is 2.20. The lowest BCUT2D eigenvalue weighted by Crippen LogP contribution is -2.59. The molecule has 0 amide bonds. The van der Waals surface area contributed by atoms with Crippen molar-refractivity contribution in [3.05, 3.63) is 29.8 Å². The molecule has 0 saturated heterocycles. The number of rotatable bonds is 4. The summed E-state index contributed by atoms with van der Waals surface area (Å²) in [5.41, 5.74) is 7.04. The van der Waals surface area contributed by atoms with E-state index in [1.165, 1.54) is 0 Å². The summed E-state index contributed by atoms with van der Waals surface area (Å²) < 4.78 is 11.5. The van der Waals surface area contributed by atoms with Gasteiger partial charge in [0.05, 0.1) is 0 Å². The Hall–Kier alpha value is -1.06. The fourth-order valence-corrected chi connectivity index (χ4v) is 2.01. The lowest BCUT2D eigenvalue weighted by Gasteiger charge is -2.41. The van der Waals surface area contributed by atoms with Crippen LogP contribution >= 0.6 is 0 Å². The predicted octanol–water partition coefficient (Wildman–Crippen LogP) is 1.88. The van der Waals surface area contributed by atoms with E-state index >= 15 is 0 Å². The highest BCUT2D eigenvalue weighted by Crippen LogP contribution is 2.29. The number of para-hydroxylation sites is 1. The molecule has 0 radical (unpaired) electrons. The van der Waals surface area contributed by atoms with E-state index in [1.54, 1.807) is 0 Å². The Bertz CT molecular complexity index is 354. The van der Waals surface area contributed by atoms with Gasteiger partial charge in [0.1, 0.15) is 18.0 Å². The van der Waals surface area contributed by atoms with Crippen molar-refractivity contribution < 1.29 is 9.47 Å².